The minimum absolute atomic E-state index is 0.440. The fourth-order valence-corrected chi connectivity index (χ4v) is 3.62. The van der Waals surface area contributed by atoms with E-state index in [1.165, 1.54) is 12.8 Å². The van der Waals surface area contributed by atoms with E-state index in [9.17, 15) is 0 Å². The summed E-state index contributed by atoms with van der Waals surface area (Å²) in [7, 11) is 0. The van der Waals surface area contributed by atoms with Crippen LogP contribution in [0.25, 0.3) is 27.8 Å². The highest BCUT2D eigenvalue weighted by atomic mass is 15.6. The first-order valence-corrected chi connectivity index (χ1v) is 8.96. The maximum atomic E-state index is 4.55. The lowest BCUT2D eigenvalue weighted by molar-refractivity contribution is 0.386. The number of hydrogen-bond donors (Lipinski definition) is 2. The van der Waals surface area contributed by atoms with Gasteiger partial charge in [-0.1, -0.05) is 24.1 Å². The van der Waals surface area contributed by atoms with Crippen molar-refractivity contribution in [3.05, 3.63) is 42.2 Å². The summed E-state index contributed by atoms with van der Waals surface area (Å²) in [5.74, 6) is 0. The van der Waals surface area contributed by atoms with Gasteiger partial charge in [0, 0.05) is 11.1 Å². The van der Waals surface area contributed by atoms with Crippen LogP contribution in [0.4, 0.5) is 0 Å². The van der Waals surface area contributed by atoms with Gasteiger partial charge in [-0.15, -0.1) is 10.2 Å². The minimum Gasteiger partial charge on any atom is -0.288 e. The number of aromatic amines is 2. The van der Waals surface area contributed by atoms with E-state index in [4.69, 9.17) is 0 Å². The van der Waals surface area contributed by atoms with Gasteiger partial charge in [-0.25, -0.2) is 10.0 Å². The fraction of sp³-hybridized carbons (Fsp3) is 0.333. The van der Waals surface area contributed by atoms with Crippen molar-refractivity contribution >= 4 is 22.1 Å². The summed E-state index contributed by atoms with van der Waals surface area (Å²) in [5, 5.41) is 20.5. The molecule has 1 fully saturated rings. The van der Waals surface area contributed by atoms with Gasteiger partial charge in [-0.2, -0.15) is 4.68 Å². The summed E-state index contributed by atoms with van der Waals surface area (Å²) in [6.07, 6.45) is 6.70. The zero-order valence-electron chi connectivity index (χ0n) is 14.6. The van der Waals surface area contributed by atoms with Crippen LogP contribution in [0, 0.1) is 6.92 Å². The van der Waals surface area contributed by atoms with Crippen LogP contribution in [-0.4, -0.2) is 40.2 Å². The van der Waals surface area contributed by atoms with Crippen LogP contribution in [0.1, 0.15) is 37.4 Å². The highest BCUT2D eigenvalue weighted by molar-refractivity contribution is 5.81. The van der Waals surface area contributed by atoms with E-state index < -0.39 is 0 Å². The molecule has 1 aromatic carbocycles. The van der Waals surface area contributed by atoms with Crippen LogP contribution in [0.2, 0.25) is 0 Å². The summed E-state index contributed by atoms with van der Waals surface area (Å²) in [6, 6.07) is 10.6. The quantitative estimate of drug-likeness (QED) is 0.581. The van der Waals surface area contributed by atoms with E-state index >= 15 is 0 Å². The number of nitrogens with one attached hydrogen (secondary N) is 2. The van der Waals surface area contributed by atoms with Crippen molar-refractivity contribution in [1.29, 1.82) is 0 Å². The number of aryl methyl sites for hydroxylation is 1. The second-order valence-electron chi connectivity index (χ2n) is 6.83. The highest BCUT2D eigenvalue weighted by Crippen LogP contribution is 2.27. The van der Waals surface area contributed by atoms with Gasteiger partial charge in [-0.3, -0.25) is 10.1 Å². The molecular formula is C18H20N8. The smallest absolute Gasteiger partial charge is 0.206 e. The number of hydrogen-bond acceptors (Lipinski definition) is 4. The molecule has 0 aliphatic heterocycles. The molecule has 0 bridgehead atoms. The lowest BCUT2D eigenvalue weighted by Gasteiger charge is -2.10. The Morgan fingerprint density at radius 1 is 1.08 bits per heavy atom. The number of H-pyrrole nitrogens is 2. The molecule has 0 unspecified atom stereocenters. The molecule has 0 radical (unpaired) electrons. The topological polar surface area (TPSA) is 93.0 Å². The molecule has 5 rings (SSSR count). The number of pyridine rings is 1. The third-order valence-electron chi connectivity index (χ3n) is 5.02. The summed E-state index contributed by atoms with van der Waals surface area (Å²) in [6.45, 7) is 1.99. The third kappa shape index (κ3) is 2.54. The Morgan fingerprint density at radius 2 is 1.96 bits per heavy atom. The molecule has 8 heteroatoms. The average Bonchev–Trinajstić information content (AvgIpc) is 3.28. The lowest BCUT2D eigenvalue weighted by Crippen LogP contribution is -2.11. The summed E-state index contributed by atoms with van der Waals surface area (Å²) in [5.41, 5.74) is 4.27. The Bertz CT molecular complexity index is 1120. The SMILES string of the molecule is Cc1ccc2cc(-n3nnc4c[nH]n(C5CCCC5)[nH]nc43)ccc2n1. The normalized spacial score (nSPS) is 15.1. The molecule has 0 atom stereocenters. The second kappa shape index (κ2) is 5.98. The van der Waals surface area contributed by atoms with E-state index in [1.807, 2.05) is 36.1 Å². The average molecular weight is 348 g/mol. The van der Waals surface area contributed by atoms with Gasteiger partial charge < -0.3 is 0 Å². The molecule has 8 nitrogen and oxygen atoms in total. The highest BCUT2D eigenvalue weighted by Gasteiger charge is 2.17. The Morgan fingerprint density at radius 3 is 2.85 bits per heavy atom. The Hall–Kier alpha value is -3.16. The van der Waals surface area contributed by atoms with Gasteiger partial charge in [0.25, 0.3) is 0 Å². The lowest BCUT2D eigenvalue weighted by atomic mass is 10.2. The van der Waals surface area contributed by atoms with E-state index in [0.29, 0.717) is 17.2 Å². The van der Waals surface area contributed by atoms with Crippen LogP contribution in [0.5, 0.6) is 0 Å². The number of aromatic nitrogens is 8. The molecule has 0 spiro atoms. The van der Waals surface area contributed by atoms with Gasteiger partial charge in [0.05, 0.1) is 23.4 Å². The molecule has 0 amide bonds. The number of nitrogens with zero attached hydrogens (tertiary/aromatic N) is 6. The fourth-order valence-electron chi connectivity index (χ4n) is 3.62. The van der Waals surface area contributed by atoms with E-state index in [0.717, 1.165) is 35.1 Å². The summed E-state index contributed by atoms with van der Waals surface area (Å²) < 4.78 is 1.75. The second-order valence-corrected chi connectivity index (χ2v) is 6.83. The number of rotatable bonds is 2. The van der Waals surface area contributed by atoms with E-state index in [1.54, 1.807) is 4.68 Å². The van der Waals surface area contributed by atoms with E-state index in [-0.39, 0.29) is 0 Å². The first kappa shape index (κ1) is 15.1. The monoisotopic (exact) mass is 348 g/mol. The molecule has 1 saturated carbocycles. The zero-order chi connectivity index (χ0) is 17.5. The van der Waals surface area contributed by atoms with Gasteiger partial charge in [0.15, 0.2) is 5.52 Å². The van der Waals surface area contributed by atoms with Crippen LogP contribution < -0.4 is 0 Å². The molecule has 3 aromatic heterocycles. The largest absolute Gasteiger partial charge is 0.288 e. The summed E-state index contributed by atoms with van der Waals surface area (Å²) >= 11 is 0. The van der Waals surface area contributed by atoms with Gasteiger partial charge in [-0.05, 0) is 44.0 Å². The van der Waals surface area contributed by atoms with Gasteiger partial charge in [0.1, 0.15) is 0 Å². The van der Waals surface area contributed by atoms with Crippen molar-refractivity contribution in [2.75, 3.05) is 0 Å². The maximum absolute atomic E-state index is 4.55. The predicted octanol–water partition coefficient (Wildman–Crippen LogP) is 3.37. The van der Waals surface area contributed by atoms with Crippen molar-refractivity contribution in [3.63, 3.8) is 0 Å². The molecule has 4 aromatic rings. The zero-order valence-corrected chi connectivity index (χ0v) is 14.6. The van der Waals surface area contributed by atoms with Crippen LogP contribution in [0.3, 0.4) is 0 Å². The molecule has 26 heavy (non-hydrogen) atoms. The molecular weight excluding hydrogens is 328 g/mol. The van der Waals surface area contributed by atoms with Crippen molar-refractivity contribution < 1.29 is 0 Å². The van der Waals surface area contributed by atoms with Gasteiger partial charge >= 0.3 is 0 Å². The van der Waals surface area contributed by atoms with Crippen molar-refractivity contribution in [3.8, 4) is 5.69 Å². The van der Waals surface area contributed by atoms with E-state index in [2.05, 4.69) is 42.8 Å². The molecule has 0 saturated heterocycles. The predicted molar refractivity (Wildman–Crippen MR) is 98.5 cm³/mol. The van der Waals surface area contributed by atoms with Crippen LogP contribution >= 0.6 is 0 Å². The molecule has 2 N–H and O–H groups in total. The third-order valence-corrected chi connectivity index (χ3v) is 5.02. The van der Waals surface area contributed by atoms with Crippen LogP contribution in [-0.2, 0) is 0 Å². The van der Waals surface area contributed by atoms with Crippen molar-refractivity contribution in [2.24, 2.45) is 0 Å². The molecule has 1 aliphatic rings. The number of benzene rings is 1. The Labute approximate surface area is 149 Å². The molecule has 1 aliphatic carbocycles. The number of fused-ring (bicyclic) bond motifs is 2. The first-order valence-electron chi connectivity index (χ1n) is 8.96. The minimum atomic E-state index is 0.440. The van der Waals surface area contributed by atoms with Crippen LogP contribution in [0.15, 0.2) is 36.5 Å². The van der Waals surface area contributed by atoms with Gasteiger partial charge in [0.2, 0.25) is 5.65 Å². The van der Waals surface area contributed by atoms with Crippen molar-refractivity contribution in [1.82, 2.24) is 40.2 Å². The Kier molecular flexibility index (Phi) is 3.48. The maximum Gasteiger partial charge on any atom is 0.206 e. The summed E-state index contributed by atoms with van der Waals surface area (Å²) in [4.78, 5) is 6.52. The standard InChI is InChI=1S/C18H20N8/c1-12-6-7-13-10-15(8-9-16(13)20-12)25-18-17(21-23-25)11-19-26(24-22-18)14-4-2-3-5-14/h6-11,14,19,24H,2-5H2,1H3. The van der Waals surface area contributed by atoms with Crippen molar-refractivity contribution in [2.45, 2.75) is 38.6 Å². The molecule has 132 valence electrons. The first-order chi connectivity index (χ1) is 12.8. The Balaban J connectivity index is 1.62. The molecule has 3 heterocycles.